The average Bonchev–Trinajstić information content (AvgIpc) is 3.28. The van der Waals surface area contributed by atoms with Crippen molar-refractivity contribution in [3.8, 4) is 11.5 Å². The third kappa shape index (κ3) is 8.96. The molecular weight excluding hydrogens is 651 g/mol. The van der Waals surface area contributed by atoms with Crippen molar-refractivity contribution >= 4 is 23.8 Å². The third-order valence-corrected chi connectivity index (χ3v) is 8.37. The van der Waals surface area contributed by atoms with E-state index in [1.165, 1.54) is 49.5 Å². The van der Waals surface area contributed by atoms with Gasteiger partial charge in [0.25, 0.3) is 5.91 Å². The smallest absolute Gasteiger partial charge is 0.407 e. The Morgan fingerprint density at radius 3 is 2.14 bits per heavy atom. The van der Waals surface area contributed by atoms with Gasteiger partial charge in [0.05, 0.1) is 11.6 Å². The van der Waals surface area contributed by atoms with Crippen LogP contribution in [0.2, 0.25) is 0 Å². The Labute approximate surface area is 290 Å². The molecule has 2 N–H and O–H groups in total. The molecule has 0 bridgehead atoms. The molecule has 3 aromatic rings. The number of benzene rings is 3. The van der Waals surface area contributed by atoms with E-state index >= 15 is 4.39 Å². The van der Waals surface area contributed by atoms with E-state index in [-0.39, 0.29) is 61.5 Å². The topological polar surface area (TPSA) is 150 Å². The van der Waals surface area contributed by atoms with Crippen molar-refractivity contribution < 1.29 is 52.4 Å². The highest BCUT2D eigenvalue weighted by atomic mass is 19.1. The van der Waals surface area contributed by atoms with Gasteiger partial charge in [0.15, 0.2) is 19.4 Å². The van der Waals surface area contributed by atoms with E-state index < -0.39 is 41.7 Å². The molecule has 12 nitrogen and oxygen atoms in total. The summed E-state index contributed by atoms with van der Waals surface area (Å²) in [7, 11) is 2.91. The van der Waals surface area contributed by atoms with E-state index in [9.17, 15) is 24.3 Å². The minimum absolute atomic E-state index is 0.0276. The summed E-state index contributed by atoms with van der Waals surface area (Å²) in [5, 5.41) is 12.6. The lowest BCUT2D eigenvalue weighted by Crippen LogP contribution is -2.51. The molecule has 0 spiro atoms. The Morgan fingerprint density at radius 2 is 1.54 bits per heavy atom. The van der Waals surface area contributed by atoms with E-state index in [0.29, 0.717) is 34.4 Å². The highest BCUT2D eigenvalue weighted by Gasteiger charge is 2.34. The number of carbonyl (C=O) groups excluding carboxylic acids is 3. The number of esters is 1. The summed E-state index contributed by atoms with van der Waals surface area (Å²) in [6.07, 6.45) is -1.34. The van der Waals surface area contributed by atoms with Gasteiger partial charge in [-0.15, -0.1) is 0 Å². The second-order valence-corrected chi connectivity index (χ2v) is 12.3. The van der Waals surface area contributed by atoms with Crippen LogP contribution in [-0.2, 0) is 14.2 Å². The molecule has 3 aromatic carbocycles. The van der Waals surface area contributed by atoms with Gasteiger partial charge in [-0.2, -0.15) is 0 Å². The van der Waals surface area contributed by atoms with Crippen molar-refractivity contribution in [2.75, 3.05) is 40.9 Å². The summed E-state index contributed by atoms with van der Waals surface area (Å²) in [6.45, 7) is 7.16. The SMILES string of the molecule is COCOc1ccc(C(C)C)c(F)c1C(=O)c1ccc(C(=O)O[C@@H]2CCCN(C(=O)O)C[C@H]2NC(=O)c2cc(C)c(OCOC)c(C)c2)cc1. The predicted octanol–water partition coefficient (Wildman–Crippen LogP) is 5.86. The quantitative estimate of drug-likeness (QED) is 0.127. The number of ether oxygens (including phenoxy) is 5. The molecule has 50 heavy (non-hydrogen) atoms. The van der Waals surface area contributed by atoms with Crippen LogP contribution in [-0.4, -0.2) is 86.8 Å². The molecule has 4 rings (SSSR count). The van der Waals surface area contributed by atoms with E-state index in [4.69, 9.17) is 23.7 Å². The van der Waals surface area contributed by atoms with Crippen LogP contribution in [0.4, 0.5) is 9.18 Å². The summed E-state index contributed by atoms with van der Waals surface area (Å²) >= 11 is 0. The number of rotatable bonds is 13. The largest absolute Gasteiger partial charge is 0.467 e. The molecule has 1 heterocycles. The van der Waals surface area contributed by atoms with Crippen LogP contribution in [0.25, 0.3) is 0 Å². The van der Waals surface area contributed by atoms with Crippen molar-refractivity contribution in [3.63, 3.8) is 0 Å². The zero-order valence-electron chi connectivity index (χ0n) is 29.0. The number of carbonyl (C=O) groups is 4. The van der Waals surface area contributed by atoms with Gasteiger partial charge in [-0.3, -0.25) is 9.59 Å². The maximum absolute atomic E-state index is 15.6. The van der Waals surface area contributed by atoms with Gasteiger partial charge in [0, 0.05) is 38.4 Å². The number of aryl methyl sites for hydroxylation is 2. The highest BCUT2D eigenvalue weighted by molar-refractivity contribution is 6.11. The molecule has 2 atom stereocenters. The maximum Gasteiger partial charge on any atom is 0.407 e. The molecule has 1 aliphatic heterocycles. The van der Waals surface area contributed by atoms with E-state index in [0.717, 1.165) is 0 Å². The van der Waals surface area contributed by atoms with E-state index in [1.54, 1.807) is 32.0 Å². The summed E-state index contributed by atoms with van der Waals surface area (Å²) in [5.74, 6) is -2.12. The van der Waals surface area contributed by atoms with Gasteiger partial charge in [-0.25, -0.2) is 14.0 Å². The van der Waals surface area contributed by atoms with Crippen LogP contribution >= 0.6 is 0 Å². The minimum atomic E-state index is -1.16. The van der Waals surface area contributed by atoms with Gasteiger partial charge in [0.1, 0.15) is 29.0 Å². The molecule has 1 saturated heterocycles. The first-order valence-corrected chi connectivity index (χ1v) is 16.2. The van der Waals surface area contributed by atoms with Gasteiger partial charge in [-0.1, -0.05) is 32.0 Å². The Morgan fingerprint density at radius 1 is 0.920 bits per heavy atom. The van der Waals surface area contributed by atoms with Crippen LogP contribution in [0.3, 0.4) is 0 Å². The lowest BCUT2D eigenvalue weighted by atomic mass is 9.94. The molecule has 0 aromatic heterocycles. The molecule has 2 amide bonds. The number of nitrogens with one attached hydrogen (secondary N) is 1. The summed E-state index contributed by atoms with van der Waals surface area (Å²) in [4.78, 5) is 53.5. The zero-order valence-corrected chi connectivity index (χ0v) is 29.0. The summed E-state index contributed by atoms with van der Waals surface area (Å²) in [5.41, 5.74) is 2.07. The molecular formula is C37H43FN2O10. The first-order chi connectivity index (χ1) is 23.9. The number of hydrogen-bond donors (Lipinski definition) is 2. The molecule has 1 fully saturated rings. The van der Waals surface area contributed by atoms with Crippen LogP contribution < -0.4 is 14.8 Å². The fraction of sp³-hybridized carbons (Fsp3) is 0.405. The Hall–Kier alpha value is -5.01. The lowest BCUT2D eigenvalue weighted by molar-refractivity contribution is 0.0179. The standard InChI is InChI=1S/C37H43FN2O10/c1-21(2)27-13-14-30(48-19-46-5)31(32(27)38)33(41)24-9-11-25(12-10-24)36(43)50-29-8-7-15-40(37(44)45)18-28(29)39-35(42)26-16-22(3)34(23(4)17-26)49-20-47-6/h9-14,16-17,21,28-29H,7-8,15,18-20H2,1-6H3,(H,39,42)(H,44,45)/t28-,29-/m1/s1. The van der Waals surface area contributed by atoms with Crippen molar-refractivity contribution in [2.45, 2.75) is 58.6 Å². The number of ketones is 1. The van der Waals surface area contributed by atoms with Crippen LogP contribution in [0.5, 0.6) is 11.5 Å². The average molecular weight is 695 g/mol. The lowest BCUT2D eigenvalue weighted by Gasteiger charge is -2.28. The Kier molecular flexibility index (Phi) is 12.9. The van der Waals surface area contributed by atoms with Crippen molar-refractivity contribution in [2.24, 2.45) is 0 Å². The summed E-state index contributed by atoms with van der Waals surface area (Å²) in [6, 6.07) is 11.1. The molecule has 0 saturated carbocycles. The molecule has 0 aliphatic carbocycles. The second-order valence-electron chi connectivity index (χ2n) is 12.3. The normalized spacial score (nSPS) is 16.0. The van der Waals surface area contributed by atoms with Gasteiger partial charge < -0.3 is 39.0 Å². The molecule has 1 aliphatic rings. The maximum atomic E-state index is 15.6. The van der Waals surface area contributed by atoms with E-state index in [1.807, 2.05) is 13.8 Å². The second kappa shape index (κ2) is 17.1. The van der Waals surface area contributed by atoms with Crippen LogP contribution in [0.1, 0.15) is 85.9 Å². The first kappa shape index (κ1) is 37.8. The van der Waals surface area contributed by atoms with Crippen molar-refractivity contribution in [1.82, 2.24) is 10.2 Å². The van der Waals surface area contributed by atoms with Gasteiger partial charge in [0.2, 0.25) is 0 Å². The fourth-order valence-corrected chi connectivity index (χ4v) is 5.84. The van der Waals surface area contributed by atoms with Crippen molar-refractivity contribution in [3.05, 3.63) is 93.3 Å². The summed E-state index contributed by atoms with van der Waals surface area (Å²) < 4.78 is 42.5. The first-order valence-electron chi connectivity index (χ1n) is 16.2. The molecule has 0 unspecified atom stereocenters. The zero-order chi connectivity index (χ0) is 36.5. The van der Waals surface area contributed by atoms with Crippen LogP contribution in [0.15, 0.2) is 48.5 Å². The number of methoxy groups -OCH3 is 2. The number of halogens is 1. The monoisotopic (exact) mass is 694 g/mol. The third-order valence-electron chi connectivity index (χ3n) is 8.37. The molecule has 268 valence electrons. The van der Waals surface area contributed by atoms with Gasteiger partial charge in [-0.05, 0) is 79.6 Å². The minimum Gasteiger partial charge on any atom is -0.467 e. The Bertz CT molecular complexity index is 1690. The van der Waals surface area contributed by atoms with Gasteiger partial charge >= 0.3 is 12.1 Å². The van der Waals surface area contributed by atoms with Crippen LogP contribution in [0, 0.1) is 19.7 Å². The number of nitrogens with zero attached hydrogens (tertiary/aromatic N) is 1. The predicted molar refractivity (Wildman–Crippen MR) is 181 cm³/mol. The Balaban J connectivity index is 1.54. The number of amides is 2. The number of carboxylic acid groups (broad SMARTS) is 1. The number of likely N-dealkylation sites (tertiary alicyclic amines) is 1. The number of hydrogen-bond acceptors (Lipinski definition) is 9. The fourth-order valence-electron chi connectivity index (χ4n) is 5.84. The molecule has 13 heteroatoms. The highest BCUT2D eigenvalue weighted by Crippen LogP contribution is 2.31. The van der Waals surface area contributed by atoms with Crippen molar-refractivity contribution in [1.29, 1.82) is 0 Å². The van der Waals surface area contributed by atoms with E-state index in [2.05, 4.69) is 5.32 Å². The molecule has 0 radical (unpaired) electrons.